The summed E-state index contributed by atoms with van der Waals surface area (Å²) >= 11 is 5.98. The predicted octanol–water partition coefficient (Wildman–Crippen LogP) is 3.66. The van der Waals surface area contributed by atoms with E-state index in [-0.39, 0.29) is 5.82 Å². The van der Waals surface area contributed by atoms with Gasteiger partial charge in [-0.2, -0.15) is 0 Å². The van der Waals surface area contributed by atoms with Gasteiger partial charge in [-0.1, -0.05) is 38.4 Å². The zero-order valence-corrected chi connectivity index (χ0v) is 10.8. The molecule has 1 rings (SSSR count). The number of benzene rings is 1. The molecule has 0 fully saturated rings. The van der Waals surface area contributed by atoms with E-state index in [0.29, 0.717) is 29.0 Å². The highest BCUT2D eigenvalue weighted by atomic mass is 35.5. The maximum atomic E-state index is 13.5. The molecule has 0 aliphatic carbocycles. The third-order valence-corrected chi connectivity index (χ3v) is 2.84. The second-order valence-electron chi connectivity index (χ2n) is 4.57. The molecule has 0 saturated heterocycles. The average molecular weight is 244 g/mol. The van der Waals surface area contributed by atoms with Gasteiger partial charge in [-0.15, -0.1) is 0 Å². The van der Waals surface area contributed by atoms with E-state index in [1.54, 1.807) is 12.1 Å². The third-order valence-electron chi connectivity index (χ3n) is 2.49. The third kappa shape index (κ3) is 4.11. The fourth-order valence-electron chi connectivity index (χ4n) is 1.58. The molecule has 0 amide bonds. The molecule has 1 atom stereocenters. The Morgan fingerprint density at radius 3 is 2.56 bits per heavy atom. The topological polar surface area (TPSA) is 12.0 Å². The summed E-state index contributed by atoms with van der Waals surface area (Å²) in [6.45, 7) is 7.17. The minimum Gasteiger partial charge on any atom is -0.314 e. The quantitative estimate of drug-likeness (QED) is 0.832. The van der Waals surface area contributed by atoms with E-state index < -0.39 is 0 Å². The van der Waals surface area contributed by atoms with Crippen LogP contribution in [-0.4, -0.2) is 12.6 Å². The van der Waals surface area contributed by atoms with Gasteiger partial charge in [-0.3, -0.25) is 0 Å². The fraction of sp³-hybridized carbons (Fsp3) is 0.538. The van der Waals surface area contributed by atoms with E-state index in [0.717, 1.165) is 6.54 Å². The second-order valence-corrected chi connectivity index (χ2v) is 4.98. The van der Waals surface area contributed by atoms with Crippen molar-refractivity contribution in [2.45, 2.75) is 33.2 Å². The summed E-state index contributed by atoms with van der Waals surface area (Å²) in [5.74, 6) is 0.167. The Labute approximate surface area is 102 Å². The Morgan fingerprint density at radius 1 is 1.31 bits per heavy atom. The predicted molar refractivity (Wildman–Crippen MR) is 67.4 cm³/mol. The molecule has 0 radical (unpaired) electrons. The fourth-order valence-corrected chi connectivity index (χ4v) is 1.83. The highest BCUT2D eigenvalue weighted by Crippen LogP contribution is 2.21. The number of nitrogens with one attached hydrogen (secondary N) is 1. The lowest BCUT2D eigenvalue weighted by atomic mass is 10.0. The Kier molecular flexibility index (Phi) is 5.23. The van der Waals surface area contributed by atoms with E-state index in [4.69, 9.17) is 11.6 Å². The van der Waals surface area contributed by atoms with Crippen molar-refractivity contribution >= 4 is 11.6 Å². The van der Waals surface area contributed by atoms with Crippen molar-refractivity contribution in [3.63, 3.8) is 0 Å². The molecular formula is C13H19ClFN. The van der Waals surface area contributed by atoms with E-state index in [2.05, 4.69) is 26.1 Å². The van der Waals surface area contributed by atoms with Crippen LogP contribution in [0.15, 0.2) is 18.2 Å². The molecule has 0 aliphatic rings. The van der Waals surface area contributed by atoms with Crippen LogP contribution in [0.1, 0.15) is 26.3 Å². The molecular weight excluding hydrogens is 225 g/mol. The van der Waals surface area contributed by atoms with Crippen LogP contribution in [0.25, 0.3) is 0 Å². The Balaban J connectivity index is 2.59. The SMILES string of the molecule is CC(CNC(C)C)Cc1c(F)cccc1Cl. The number of halogens is 2. The van der Waals surface area contributed by atoms with E-state index in [1.807, 2.05) is 0 Å². The molecule has 0 aliphatic heterocycles. The molecule has 0 spiro atoms. The van der Waals surface area contributed by atoms with Crippen molar-refractivity contribution in [1.29, 1.82) is 0 Å². The summed E-state index contributed by atoms with van der Waals surface area (Å²) in [5, 5.41) is 3.86. The lowest BCUT2D eigenvalue weighted by Crippen LogP contribution is -2.28. The molecule has 3 heteroatoms. The molecule has 0 bridgehead atoms. The summed E-state index contributed by atoms with van der Waals surface area (Å²) < 4.78 is 13.5. The number of hydrogen-bond acceptors (Lipinski definition) is 1. The maximum Gasteiger partial charge on any atom is 0.127 e. The van der Waals surface area contributed by atoms with Crippen LogP contribution in [0.4, 0.5) is 4.39 Å². The van der Waals surface area contributed by atoms with Crippen LogP contribution in [0.2, 0.25) is 5.02 Å². The van der Waals surface area contributed by atoms with Gasteiger partial charge in [0.05, 0.1) is 0 Å². The van der Waals surface area contributed by atoms with Gasteiger partial charge in [-0.25, -0.2) is 4.39 Å². The maximum absolute atomic E-state index is 13.5. The van der Waals surface area contributed by atoms with Crippen molar-refractivity contribution in [3.05, 3.63) is 34.6 Å². The average Bonchev–Trinajstić information content (AvgIpc) is 2.21. The summed E-state index contributed by atoms with van der Waals surface area (Å²) in [7, 11) is 0. The number of rotatable bonds is 5. The van der Waals surface area contributed by atoms with Crippen LogP contribution < -0.4 is 5.32 Å². The van der Waals surface area contributed by atoms with Gasteiger partial charge in [-0.05, 0) is 31.0 Å². The molecule has 1 unspecified atom stereocenters. The summed E-state index contributed by atoms with van der Waals surface area (Å²) in [4.78, 5) is 0. The van der Waals surface area contributed by atoms with Gasteiger partial charge in [0.25, 0.3) is 0 Å². The summed E-state index contributed by atoms with van der Waals surface area (Å²) in [6, 6.07) is 5.29. The zero-order valence-electron chi connectivity index (χ0n) is 10.1. The van der Waals surface area contributed by atoms with Gasteiger partial charge >= 0.3 is 0 Å². The van der Waals surface area contributed by atoms with Crippen LogP contribution in [0.3, 0.4) is 0 Å². The van der Waals surface area contributed by atoms with Crippen molar-refractivity contribution in [1.82, 2.24) is 5.32 Å². The molecule has 1 nitrogen and oxygen atoms in total. The standard InChI is InChI=1S/C13H19ClFN/c1-9(2)16-8-10(3)7-11-12(14)5-4-6-13(11)15/h4-6,9-10,16H,7-8H2,1-3H3. The van der Waals surface area contributed by atoms with Gasteiger partial charge in [0, 0.05) is 16.6 Å². The monoisotopic (exact) mass is 243 g/mol. The molecule has 1 N–H and O–H groups in total. The molecule has 0 aromatic heterocycles. The highest BCUT2D eigenvalue weighted by Gasteiger charge is 2.11. The molecule has 1 aromatic carbocycles. The van der Waals surface area contributed by atoms with Gasteiger partial charge in [0.1, 0.15) is 5.82 Å². The lowest BCUT2D eigenvalue weighted by Gasteiger charge is -2.16. The minimum absolute atomic E-state index is 0.205. The van der Waals surface area contributed by atoms with Crippen molar-refractivity contribution < 1.29 is 4.39 Å². The number of hydrogen-bond donors (Lipinski definition) is 1. The van der Waals surface area contributed by atoms with Gasteiger partial charge in [0.15, 0.2) is 0 Å². The highest BCUT2D eigenvalue weighted by molar-refractivity contribution is 6.31. The van der Waals surface area contributed by atoms with E-state index in [1.165, 1.54) is 6.07 Å². The van der Waals surface area contributed by atoms with Crippen LogP contribution in [0, 0.1) is 11.7 Å². The molecule has 1 aromatic rings. The van der Waals surface area contributed by atoms with Gasteiger partial charge < -0.3 is 5.32 Å². The summed E-state index contributed by atoms with van der Waals surface area (Å²) in [5.41, 5.74) is 0.627. The lowest BCUT2D eigenvalue weighted by molar-refractivity contribution is 0.468. The van der Waals surface area contributed by atoms with Crippen molar-refractivity contribution in [3.8, 4) is 0 Å². The first-order chi connectivity index (χ1) is 7.50. The first-order valence-electron chi connectivity index (χ1n) is 5.67. The van der Waals surface area contributed by atoms with Crippen molar-refractivity contribution in [2.75, 3.05) is 6.54 Å². The molecule has 90 valence electrons. The molecule has 0 heterocycles. The smallest absolute Gasteiger partial charge is 0.127 e. The molecule has 16 heavy (non-hydrogen) atoms. The van der Waals surface area contributed by atoms with E-state index >= 15 is 0 Å². The Hall–Kier alpha value is -0.600. The van der Waals surface area contributed by atoms with Crippen LogP contribution >= 0.6 is 11.6 Å². The first kappa shape index (κ1) is 13.5. The minimum atomic E-state index is -0.205. The second kappa shape index (κ2) is 6.21. The van der Waals surface area contributed by atoms with Gasteiger partial charge in [0.2, 0.25) is 0 Å². The van der Waals surface area contributed by atoms with Crippen LogP contribution in [-0.2, 0) is 6.42 Å². The zero-order chi connectivity index (χ0) is 12.1. The first-order valence-corrected chi connectivity index (χ1v) is 6.04. The van der Waals surface area contributed by atoms with E-state index in [9.17, 15) is 4.39 Å². The van der Waals surface area contributed by atoms with Crippen molar-refractivity contribution in [2.24, 2.45) is 5.92 Å². The van der Waals surface area contributed by atoms with Crippen LogP contribution in [0.5, 0.6) is 0 Å². The normalized spacial score (nSPS) is 13.1. The summed E-state index contributed by atoms with van der Waals surface area (Å²) in [6.07, 6.45) is 0.672. The molecule has 0 saturated carbocycles. The largest absolute Gasteiger partial charge is 0.314 e. The Morgan fingerprint density at radius 2 is 2.00 bits per heavy atom. The Bertz CT molecular complexity index is 318.